The van der Waals surface area contributed by atoms with Crippen molar-refractivity contribution in [3.63, 3.8) is 0 Å². The van der Waals surface area contributed by atoms with E-state index in [0.29, 0.717) is 45.0 Å². The number of aryl methyl sites for hydroxylation is 2. The lowest BCUT2D eigenvalue weighted by Crippen LogP contribution is -2.41. The molecule has 1 aliphatic heterocycles. The molecule has 3 N–H and O–H groups in total. The van der Waals surface area contributed by atoms with Crippen LogP contribution >= 0.6 is 0 Å². The van der Waals surface area contributed by atoms with Crippen LogP contribution in [0, 0.1) is 6.92 Å². The fourth-order valence-corrected chi connectivity index (χ4v) is 2.41. The van der Waals surface area contributed by atoms with Gasteiger partial charge in [0.05, 0.1) is 24.6 Å². The van der Waals surface area contributed by atoms with E-state index in [-0.39, 0.29) is 5.91 Å². The first-order valence-corrected chi connectivity index (χ1v) is 7.55. The highest BCUT2D eigenvalue weighted by molar-refractivity contribution is 5.77. The van der Waals surface area contributed by atoms with Gasteiger partial charge in [-0.25, -0.2) is 4.68 Å². The number of nitrogens with two attached hydrogens (primary N) is 1. The van der Waals surface area contributed by atoms with E-state index in [2.05, 4.69) is 17.3 Å². The Kier molecular flexibility index (Phi) is 5.44. The Labute approximate surface area is 125 Å². The minimum absolute atomic E-state index is 0.155. The highest BCUT2D eigenvalue weighted by atomic mass is 16.5. The molecule has 21 heavy (non-hydrogen) atoms. The van der Waals surface area contributed by atoms with Crippen LogP contribution in [0.3, 0.4) is 0 Å². The zero-order chi connectivity index (χ0) is 15.2. The summed E-state index contributed by atoms with van der Waals surface area (Å²) in [5, 5.41) is 7.66. The first kappa shape index (κ1) is 15.6. The smallest absolute Gasteiger partial charge is 0.224 e. The molecule has 0 aromatic carbocycles. The minimum Gasteiger partial charge on any atom is -0.394 e. The van der Waals surface area contributed by atoms with Crippen molar-refractivity contribution in [3.8, 4) is 0 Å². The fraction of sp³-hybridized carbons (Fsp3) is 0.714. The van der Waals surface area contributed by atoms with Gasteiger partial charge in [-0.2, -0.15) is 5.10 Å². The summed E-state index contributed by atoms with van der Waals surface area (Å²) in [4.78, 5) is 13.9. The maximum atomic E-state index is 12.1. The van der Waals surface area contributed by atoms with Gasteiger partial charge in [-0.3, -0.25) is 4.79 Å². The van der Waals surface area contributed by atoms with Crippen molar-refractivity contribution in [3.05, 3.63) is 5.69 Å². The Bertz CT molecular complexity index is 480. The number of nitrogens with zero attached hydrogens (tertiary/aromatic N) is 3. The Hall–Kier alpha value is -1.76. The second-order valence-electron chi connectivity index (χ2n) is 5.24. The molecule has 118 valence electrons. The van der Waals surface area contributed by atoms with Crippen molar-refractivity contribution < 1.29 is 9.53 Å². The molecule has 1 aromatic rings. The molecule has 0 aliphatic carbocycles. The molecule has 2 heterocycles. The number of nitrogen functional groups attached to an aromatic ring is 1. The molecule has 0 bridgehead atoms. The van der Waals surface area contributed by atoms with E-state index in [1.807, 2.05) is 16.5 Å². The van der Waals surface area contributed by atoms with E-state index in [9.17, 15) is 4.79 Å². The lowest BCUT2D eigenvalue weighted by atomic mass is 10.3. The molecule has 1 aromatic heterocycles. The largest absolute Gasteiger partial charge is 0.394 e. The predicted octanol–water partition coefficient (Wildman–Crippen LogP) is 0.845. The molecule has 0 saturated carbocycles. The molecule has 7 nitrogen and oxygen atoms in total. The predicted molar refractivity (Wildman–Crippen MR) is 82.2 cm³/mol. The van der Waals surface area contributed by atoms with Crippen LogP contribution in [-0.4, -0.2) is 53.4 Å². The van der Waals surface area contributed by atoms with Crippen LogP contribution in [0.2, 0.25) is 0 Å². The van der Waals surface area contributed by atoms with Gasteiger partial charge in [0.1, 0.15) is 5.82 Å². The van der Waals surface area contributed by atoms with Crippen LogP contribution in [0.1, 0.15) is 25.5 Å². The van der Waals surface area contributed by atoms with Gasteiger partial charge in [0.25, 0.3) is 0 Å². The summed E-state index contributed by atoms with van der Waals surface area (Å²) < 4.78 is 7.13. The topological polar surface area (TPSA) is 85.4 Å². The number of amides is 1. The Morgan fingerprint density at radius 1 is 1.43 bits per heavy atom. The van der Waals surface area contributed by atoms with Crippen molar-refractivity contribution in [2.24, 2.45) is 0 Å². The van der Waals surface area contributed by atoms with Gasteiger partial charge in [-0.15, -0.1) is 0 Å². The van der Waals surface area contributed by atoms with Crippen LogP contribution in [0.4, 0.5) is 11.5 Å². The van der Waals surface area contributed by atoms with Gasteiger partial charge in [0.2, 0.25) is 5.91 Å². The maximum Gasteiger partial charge on any atom is 0.224 e. The Morgan fingerprint density at radius 3 is 2.81 bits per heavy atom. The standard InChI is InChI=1S/C14H25N5O2/c1-3-6-19-14(13(15)11(2)17-19)16-5-4-12(20)18-7-9-21-10-8-18/h16H,3-10,15H2,1-2H3. The number of carbonyl (C=O) groups is 1. The Balaban J connectivity index is 1.86. The Morgan fingerprint density at radius 2 is 2.14 bits per heavy atom. The van der Waals surface area contributed by atoms with Gasteiger partial charge < -0.3 is 20.7 Å². The van der Waals surface area contributed by atoms with E-state index in [1.54, 1.807) is 0 Å². The number of rotatable bonds is 6. The fourth-order valence-electron chi connectivity index (χ4n) is 2.41. The number of hydrogen-bond acceptors (Lipinski definition) is 5. The molecule has 1 amide bonds. The zero-order valence-electron chi connectivity index (χ0n) is 12.9. The van der Waals surface area contributed by atoms with Crippen molar-refractivity contribution >= 4 is 17.4 Å². The number of morpholine rings is 1. The van der Waals surface area contributed by atoms with Gasteiger partial charge in [-0.1, -0.05) is 6.92 Å². The molecule has 0 unspecified atom stereocenters. The van der Waals surface area contributed by atoms with Gasteiger partial charge >= 0.3 is 0 Å². The monoisotopic (exact) mass is 295 g/mol. The molecule has 0 radical (unpaired) electrons. The molecule has 7 heteroatoms. The van der Waals surface area contributed by atoms with Crippen LogP contribution in [-0.2, 0) is 16.1 Å². The molecule has 0 spiro atoms. The average Bonchev–Trinajstić information content (AvgIpc) is 2.76. The van der Waals surface area contributed by atoms with Crippen LogP contribution in [0.15, 0.2) is 0 Å². The van der Waals surface area contributed by atoms with Crippen LogP contribution in [0.5, 0.6) is 0 Å². The summed E-state index contributed by atoms with van der Waals surface area (Å²) in [5.41, 5.74) is 7.53. The van der Waals surface area contributed by atoms with E-state index in [0.717, 1.165) is 24.5 Å². The first-order chi connectivity index (χ1) is 10.1. The minimum atomic E-state index is 0.155. The summed E-state index contributed by atoms with van der Waals surface area (Å²) in [6, 6.07) is 0. The lowest BCUT2D eigenvalue weighted by Gasteiger charge is -2.27. The van der Waals surface area contributed by atoms with E-state index >= 15 is 0 Å². The number of nitrogens with one attached hydrogen (secondary N) is 1. The number of aromatic nitrogens is 2. The quantitative estimate of drug-likeness (QED) is 0.812. The second kappa shape index (κ2) is 7.31. The van der Waals surface area contributed by atoms with E-state index in [1.165, 1.54) is 0 Å². The third kappa shape index (κ3) is 3.87. The van der Waals surface area contributed by atoms with Crippen molar-refractivity contribution in [1.82, 2.24) is 14.7 Å². The normalized spacial score (nSPS) is 15.2. The number of carbonyl (C=O) groups excluding carboxylic acids is 1. The maximum absolute atomic E-state index is 12.1. The third-order valence-electron chi connectivity index (χ3n) is 3.60. The van der Waals surface area contributed by atoms with Crippen molar-refractivity contribution in [2.75, 3.05) is 43.9 Å². The number of anilines is 2. The second-order valence-corrected chi connectivity index (χ2v) is 5.24. The van der Waals surface area contributed by atoms with E-state index < -0.39 is 0 Å². The molecule has 0 atom stereocenters. The number of ether oxygens (including phenoxy) is 1. The van der Waals surface area contributed by atoms with Crippen molar-refractivity contribution in [1.29, 1.82) is 0 Å². The first-order valence-electron chi connectivity index (χ1n) is 7.55. The summed E-state index contributed by atoms with van der Waals surface area (Å²) in [5.74, 6) is 0.978. The lowest BCUT2D eigenvalue weighted by molar-refractivity contribution is -0.134. The summed E-state index contributed by atoms with van der Waals surface area (Å²) in [6.07, 6.45) is 1.44. The summed E-state index contributed by atoms with van der Waals surface area (Å²) in [6.45, 7) is 8.02. The average molecular weight is 295 g/mol. The molecule has 1 aliphatic rings. The van der Waals surface area contributed by atoms with Gasteiger partial charge in [0, 0.05) is 32.6 Å². The van der Waals surface area contributed by atoms with Crippen LogP contribution in [0.25, 0.3) is 0 Å². The van der Waals surface area contributed by atoms with E-state index in [4.69, 9.17) is 10.5 Å². The molecule has 1 fully saturated rings. The number of hydrogen-bond donors (Lipinski definition) is 2. The molecule has 1 saturated heterocycles. The molecular formula is C14H25N5O2. The molecular weight excluding hydrogens is 270 g/mol. The molecule has 2 rings (SSSR count). The van der Waals surface area contributed by atoms with Crippen LogP contribution < -0.4 is 11.1 Å². The summed E-state index contributed by atoms with van der Waals surface area (Å²) >= 11 is 0. The third-order valence-corrected chi connectivity index (χ3v) is 3.60. The van der Waals surface area contributed by atoms with Gasteiger partial charge in [0.15, 0.2) is 0 Å². The van der Waals surface area contributed by atoms with Crippen molar-refractivity contribution in [2.45, 2.75) is 33.2 Å². The highest BCUT2D eigenvalue weighted by Crippen LogP contribution is 2.22. The zero-order valence-corrected chi connectivity index (χ0v) is 12.9. The van der Waals surface area contributed by atoms with Gasteiger partial charge in [-0.05, 0) is 13.3 Å². The summed E-state index contributed by atoms with van der Waals surface area (Å²) in [7, 11) is 0. The highest BCUT2D eigenvalue weighted by Gasteiger charge is 2.17. The SMILES string of the molecule is CCCn1nc(C)c(N)c1NCCC(=O)N1CCOCC1.